The van der Waals surface area contributed by atoms with E-state index in [1.165, 1.54) is 12.3 Å². The largest absolute Gasteiger partial charge is 0.320 e. The normalized spacial score (nSPS) is 15.3. The number of nitrogens with zero attached hydrogens (tertiary/aromatic N) is 1. The summed E-state index contributed by atoms with van der Waals surface area (Å²) in [5.41, 5.74) is 6.63. The Kier molecular flexibility index (Phi) is 3.80. The van der Waals surface area contributed by atoms with Gasteiger partial charge in [0.2, 0.25) is 0 Å². The average Bonchev–Trinajstić information content (AvgIpc) is 2.17. The van der Waals surface area contributed by atoms with Crippen LogP contribution in [0.15, 0.2) is 18.3 Å². The van der Waals surface area contributed by atoms with E-state index in [0.29, 0.717) is 5.92 Å². The van der Waals surface area contributed by atoms with Crippen LogP contribution in [-0.2, 0) is 5.54 Å². The summed E-state index contributed by atoms with van der Waals surface area (Å²) in [7, 11) is 0. The van der Waals surface area contributed by atoms with Gasteiger partial charge in [-0.25, -0.2) is 4.39 Å². The Bertz CT molecular complexity index is 308. The van der Waals surface area contributed by atoms with Crippen molar-refractivity contribution in [1.82, 2.24) is 4.98 Å². The molecule has 84 valence electrons. The van der Waals surface area contributed by atoms with Gasteiger partial charge in [-0.1, -0.05) is 20.8 Å². The summed E-state index contributed by atoms with van der Waals surface area (Å²) in [6.45, 7) is 6.29. The van der Waals surface area contributed by atoms with Gasteiger partial charge in [0.15, 0.2) is 0 Å². The molecule has 2 nitrogen and oxygen atoms in total. The zero-order valence-electron chi connectivity index (χ0n) is 9.63. The predicted octanol–water partition coefficient (Wildman–Crippen LogP) is 2.83. The van der Waals surface area contributed by atoms with Crippen molar-refractivity contribution in [2.75, 3.05) is 0 Å². The Labute approximate surface area is 90.7 Å². The fourth-order valence-corrected chi connectivity index (χ4v) is 1.83. The van der Waals surface area contributed by atoms with Crippen LogP contribution in [0, 0.1) is 11.7 Å². The molecule has 0 aliphatic heterocycles. The molecule has 0 amide bonds. The summed E-state index contributed by atoms with van der Waals surface area (Å²) in [5, 5.41) is 0. The van der Waals surface area contributed by atoms with Gasteiger partial charge < -0.3 is 5.73 Å². The second-order valence-corrected chi connectivity index (χ2v) is 4.47. The molecule has 0 aromatic carbocycles. The molecule has 1 heterocycles. The lowest BCUT2D eigenvalue weighted by molar-refractivity contribution is 0.329. The van der Waals surface area contributed by atoms with E-state index < -0.39 is 5.54 Å². The van der Waals surface area contributed by atoms with Gasteiger partial charge in [0.05, 0.1) is 17.4 Å². The van der Waals surface area contributed by atoms with E-state index in [1.54, 1.807) is 6.07 Å². The van der Waals surface area contributed by atoms with E-state index in [0.717, 1.165) is 18.5 Å². The van der Waals surface area contributed by atoms with Crippen LogP contribution >= 0.6 is 0 Å². The molecule has 1 atom stereocenters. The Morgan fingerprint density at radius 2 is 2.13 bits per heavy atom. The first-order valence-electron chi connectivity index (χ1n) is 5.39. The van der Waals surface area contributed by atoms with Crippen molar-refractivity contribution in [3.63, 3.8) is 0 Å². The molecular weight excluding hydrogens is 191 g/mol. The third-order valence-electron chi connectivity index (χ3n) is 2.64. The van der Waals surface area contributed by atoms with E-state index in [4.69, 9.17) is 5.73 Å². The number of halogens is 1. The molecule has 0 aliphatic carbocycles. The second-order valence-electron chi connectivity index (χ2n) is 4.47. The minimum absolute atomic E-state index is 0.318. The van der Waals surface area contributed by atoms with Gasteiger partial charge in [0, 0.05) is 0 Å². The highest BCUT2D eigenvalue weighted by Gasteiger charge is 2.27. The number of aromatic nitrogens is 1. The van der Waals surface area contributed by atoms with Gasteiger partial charge in [0.25, 0.3) is 0 Å². The molecular formula is C12H19FN2. The van der Waals surface area contributed by atoms with Gasteiger partial charge >= 0.3 is 0 Å². The highest BCUT2D eigenvalue weighted by atomic mass is 19.1. The maximum Gasteiger partial charge on any atom is 0.141 e. The van der Waals surface area contributed by atoms with E-state index in [9.17, 15) is 4.39 Å². The highest BCUT2D eigenvalue weighted by molar-refractivity contribution is 5.15. The second kappa shape index (κ2) is 4.71. The molecule has 1 unspecified atom stereocenters. The van der Waals surface area contributed by atoms with Crippen molar-refractivity contribution in [2.24, 2.45) is 11.7 Å². The van der Waals surface area contributed by atoms with Crippen molar-refractivity contribution in [1.29, 1.82) is 0 Å². The zero-order valence-corrected chi connectivity index (χ0v) is 9.63. The molecule has 0 spiro atoms. The fraction of sp³-hybridized carbons (Fsp3) is 0.583. The lowest BCUT2D eigenvalue weighted by Crippen LogP contribution is -2.38. The first-order chi connectivity index (χ1) is 6.98. The summed E-state index contributed by atoms with van der Waals surface area (Å²) in [5.74, 6) is 0.184. The Morgan fingerprint density at radius 3 is 2.53 bits per heavy atom. The van der Waals surface area contributed by atoms with Crippen molar-refractivity contribution >= 4 is 0 Å². The number of rotatable bonds is 4. The van der Waals surface area contributed by atoms with Crippen LogP contribution < -0.4 is 5.73 Å². The number of nitrogens with two attached hydrogens (primary N) is 1. The molecule has 1 aromatic rings. The first-order valence-corrected chi connectivity index (χ1v) is 5.39. The third kappa shape index (κ3) is 2.99. The van der Waals surface area contributed by atoms with Crippen molar-refractivity contribution in [3.8, 4) is 0 Å². The molecule has 1 aromatic heterocycles. The van der Waals surface area contributed by atoms with E-state index in [-0.39, 0.29) is 5.82 Å². The molecule has 3 heteroatoms. The summed E-state index contributed by atoms with van der Waals surface area (Å²) in [4.78, 5) is 4.07. The van der Waals surface area contributed by atoms with Gasteiger partial charge in [-0.15, -0.1) is 0 Å². The molecule has 0 saturated carbocycles. The summed E-state index contributed by atoms with van der Waals surface area (Å²) in [6, 6.07) is 3.10. The van der Waals surface area contributed by atoms with Crippen LogP contribution in [0.2, 0.25) is 0 Å². The maximum atomic E-state index is 12.7. The minimum Gasteiger partial charge on any atom is -0.320 e. The Hall–Kier alpha value is -0.960. The summed E-state index contributed by atoms with van der Waals surface area (Å²) < 4.78 is 12.7. The van der Waals surface area contributed by atoms with Gasteiger partial charge in [-0.05, 0) is 30.9 Å². The third-order valence-corrected chi connectivity index (χ3v) is 2.64. The number of hydrogen-bond donors (Lipinski definition) is 1. The molecule has 0 aliphatic rings. The van der Waals surface area contributed by atoms with Crippen LogP contribution in [0.3, 0.4) is 0 Å². The van der Waals surface area contributed by atoms with Crippen LogP contribution in [0.1, 0.15) is 39.3 Å². The monoisotopic (exact) mass is 210 g/mol. The SMILES string of the molecule is CCC(N)(CC(C)C)c1ccc(F)cn1. The molecule has 0 radical (unpaired) electrons. The molecule has 2 N–H and O–H groups in total. The van der Waals surface area contributed by atoms with Gasteiger partial charge in [-0.2, -0.15) is 0 Å². The molecule has 0 fully saturated rings. The number of pyridine rings is 1. The molecule has 1 rings (SSSR count). The standard InChI is InChI=1S/C12H19FN2/c1-4-12(14,7-9(2)3)11-6-5-10(13)8-15-11/h5-6,8-9H,4,7,14H2,1-3H3. The van der Waals surface area contributed by atoms with Crippen LogP contribution in [0.25, 0.3) is 0 Å². The van der Waals surface area contributed by atoms with Crippen LogP contribution in [0.4, 0.5) is 4.39 Å². The van der Waals surface area contributed by atoms with Crippen molar-refractivity contribution in [3.05, 3.63) is 29.8 Å². The van der Waals surface area contributed by atoms with E-state index in [1.807, 2.05) is 6.92 Å². The minimum atomic E-state index is -0.429. The topological polar surface area (TPSA) is 38.9 Å². The van der Waals surface area contributed by atoms with Crippen LogP contribution in [0.5, 0.6) is 0 Å². The van der Waals surface area contributed by atoms with Crippen molar-refractivity contribution in [2.45, 2.75) is 39.2 Å². The summed E-state index contributed by atoms with van der Waals surface area (Å²) in [6.07, 6.45) is 2.90. The highest BCUT2D eigenvalue weighted by Crippen LogP contribution is 2.27. The smallest absolute Gasteiger partial charge is 0.141 e. The number of hydrogen-bond acceptors (Lipinski definition) is 2. The Morgan fingerprint density at radius 1 is 1.47 bits per heavy atom. The van der Waals surface area contributed by atoms with Gasteiger partial charge in [0.1, 0.15) is 5.82 Å². The first kappa shape index (κ1) is 12.1. The maximum absolute atomic E-state index is 12.7. The quantitative estimate of drug-likeness (QED) is 0.830. The zero-order chi connectivity index (χ0) is 11.5. The fourth-order valence-electron chi connectivity index (χ4n) is 1.83. The molecule has 0 saturated heterocycles. The predicted molar refractivity (Wildman–Crippen MR) is 59.8 cm³/mol. The lowest BCUT2D eigenvalue weighted by atomic mass is 9.84. The molecule has 0 bridgehead atoms. The van der Waals surface area contributed by atoms with Gasteiger partial charge in [-0.3, -0.25) is 4.98 Å². The molecule has 15 heavy (non-hydrogen) atoms. The average molecular weight is 210 g/mol. The van der Waals surface area contributed by atoms with E-state index in [2.05, 4.69) is 18.8 Å². The van der Waals surface area contributed by atoms with Crippen LogP contribution in [-0.4, -0.2) is 4.98 Å². The lowest BCUT2D eigenvalue weighted by Gasteiger charge is -2.29. The summed E-state index contributed by atoms with van der Waals surface area (Å²) >= 11 is 0. The Balaban J connectivity index is 2.95. The van der Waals surface area contributed by atoms with E-state index >= 15 is 0 Å². The van der Waals surface area contributed by atoms with Crippen molar-refractivity contribution < 1.29 is 4.39 Å².